The molecule has 4 heteroatoms. The second-order valence-electron chi connectivity index (χ2n) is 4.54. The molecule has 1 atom stereocenters. The first-order valence-corrected chi connectivity index (χ1v) is 6.80. The fourth-order valence-corrected chi connectivity index (χ4v) is 2.78. The molecule has 1 aliphatic heterocycles. The van der Waals surface area contributed by atoms with Crippen LogP contribution in [0, 0.1) is 6.92 Å². The fraction of sp³-hybridized carbons (Fsp3) is 0.462. The van der Waals surface area contributed by atoms with Crippen LogP contribution in [0.5, 0.6) is 0 Å². The molecule has 3 rings (SSSR count). The SMILES string of the molecule is Cc1ccc2c(cnn2[C@H]2CCCCO2)c1Br. The lowest BCUT2D eigenvalue weighted by atomic mass is 10.1. The van der Waals surface area contributed by atoms with Crippen LogP contribution in [0.1, 0.15) is 31.1 Å². The summed E-state index contributed by atoms with van der Waals surface area (Å²) in [5.41, 5.74) is 2.39. The van der Waals surface area contributed by atoms with Crippen LogP contribution in [0.25, 0.3) is 10.9 Å². The molecule has 0 N–H and O–H groups in total. The maximum absolute atomic E-state index is 5.79. The van der Waals surface area contributed by atoms with Crippen molar-refractivity contribution in [1.82, 2.24) is 9.78 Å². The number of ether oxygens (including phenoxy) is 1. The summed E-state index contributed by atoms with van der Waals surface area (Å²) in [6.45, 7) is 2.94. The van der Waals surface area contributed by atoms with E-state index in [1.165, 1.54) is 23.8 Å². The molecular weight excluding hydrogens is 280 g/mol. The standard InChI is InChI=1S/C13H15BrN2O/c1-9-5-6-11-10(13(9)14)8-15-16(11)12-4-2-3-7-17-12/h5-6,8,12H,2-4,7H2,1H3/t12-/m1/s1. The molecule has 0 saturated carbocycles. The van der Waals surface area contributed by atoms with Gasteiger partial charge < -0.3 is 4.74 Å². The molecule has 2 aromatic rings. The number of fused-ring (bicyclic) bond motifs is 1. The first-order valence-electron chi connectivity index (χ1n) is 6.01. The predicted molar refractivity (Wildman–Crippen MR) is 71.0 cm³/mol. The van der Waals surface area contributed by atoms with Gasteiger partial charge in [0.2, 0.25) is 0 Å². The molecule has 1 aliphatic rings. The number of hydrogen-bond acceptors (Lipinski definition) is 2. The monoisotopic (exact) mass is 294 g/mol. The van der Waals surface area contributed by atoms with Crippen LogP contribution in [0.2, 0.25) is 0 Å². The van der Waals surface area contributed by atoms with Crippen molar-refractivity contribution in [3.8, 4) is 0 Å². The first-order chi connectivity index (χ1) is 8.27. The number of aryl methyl sites for hydroxylation is 1. The van der Waals surface area contributed by atoms with Crippen LogP contribution in [0.15, 0.2) is 22.8 Å². The van der Waals surface area contributed by atoms with Gasteiger partial charge in [-0.05, 0) is 53.7 Å². The Kier molecular flexibility index (Phi) is 2.92. The van der Waals surface area contributed by atoms with E-state index in [-0.39, 0.29) is 6.23 Å². The molecule has 1 saturated heterocycles. The van der Waals surface area contributed by atoms with Gasteiger partial charge in [-0.25, -0.2) is 4.68 Å². The van der Waals surface area contributed by atoms with Gasteiger partial charge in [0.1, 0.15) is 0 Å². The minimum atomic E-state index is 0.107. The average Bonchev–Trinajstić information content (AvgIpc) is 2.79. The van der Waals surface area contributed by atoms with E-state index in [1.54, 1.807) is 0 Å². The molecule has 0 spiro atoms. The summed E-state index contributed by atoms with van der Waals surface area (Å²) in [7, 11) is 0. The molecule has 3 nitrogen and oxygen atoms in total. The van der Waals surface area contributed by atoms with Crippen molar-refractivity contribution in [2.75, 3.05) is 6.61 Å². The summed E-state index contributed by atoms with van der Waals surface area (Å²) in [6, 6.07) is 4.24. The van der Waals surface area contributed by atoms with Crippen LogP contribution in [0.4, 0.5) is 0 Å². The van der Waals surface area contributed by atoms with Crippen molar-refractivity contribution in [2.24, 2.45) is 0 Å². The summed E-state index contributed by atoms with van der Waals surface area (Å²) >= 11 is 3.62. The highest BCUT2D eigenvalue weighted by molar-refractivity contribution is 9.10. The van der Waals surface area contributed by atoms with Gasteiger partial charge in [-0.15, -0.1) is 0 Å². The number of rotatable bonds is 1. The van der Waals surface area contributed by atoms with E-state index in [0.29, 0.717) is 0 Å². The van der Waals surface area contributed by atoms with Crippen LogP contribution in [-0.4, -0.2) is 16.4 Å². The molecule has 2 heterocycles. The third kappa shape index (κ3) is 1.89. The van der Waals surface area contributed by atoms with Crippen molar-refractivity contribution in [1.29, 1.82) is 0 Å². The van der Waals surface area contributed by atoms with Gasteiger partial charge in [0.15, 0.2) is 6.23 Å². The summed E-state index contributed by atoms with van der Waals surface area (Å²) in [5, 5.41) is 5.65. The smallest absolute Gasteiger partial charge is 0.150 e. The molecule has 0 radical (unpaired) electrons. The third-order valence-electron chi connectivity index (χ3n) is 3.34. The fourth-order valence-electron chi connectivity index (χ4n) is 2.34. The second-order valence-corrected chi connectivity index (χ2v) is 5.33. The lowest BCUT2D eigenvalue weighted by molar-refractivity contribution is -0.0366. The largest absolute Gasteiger partial charge is 0.356 e. The number of aromatic nitrogens is 2. The van der Waals surface area contributed by atoms with Crippen molar-refractivity contribution >= 4 is 26.8 Å². The van der Waals surface area contributed by atoms with Gasteiger partial charge in [-0.1, -0.05) is 6.07 Å². The highest BCUT2D eigenvalue weighted by atomic mass is 79.9. The zero-order valence-corrected chi connectivity index (χ0v) is 11.4. The zero-order chi connectivity index (χ0) is 11.8. The van der Waals surface area contributed by atoms with E-state index in [9.17, 15) is 0 Å². The van der Waals surface area contributed by atoms with Crippen LogP contribution < -0.4 is 0 Å². The third-order valence-corrected chi connectivity index (χ3v) is 4.39. The summed E-state index contributed by atoms with van der Waals surface area (Å²) < 4.78 is 8.93. The Morgan fingerprint density at radius 1 is 1.41 bits per heavy atom. The lowest BCUT2D eigenvalue weighted by Crippen LogP contribution is -2.18. The molecular formula is C13H15BrN2O. The predicted octanol–water partition coefficient (Wildman–Crippen LogP) is 3.81. The number of benzene rings is 1. The van der Waals surface area contributed by atoms with Crippen molar-refractivity contribution < 1.29 is 4.74 Å². The molecule has 90 valence electrons. The van der Waals surface area contributed by atoms with Crippen molar-refractivity contribution in [3.05, 3.63) is 28.4 Å². The van der Waals surface area contributed by atoms with Gasteiger partial charge in [-0.2, -0.15) is 5.10 Å². The van der Waals surface area contributed by atoms with Gasteiger partial charge in [0.05, 0.1) is 11.7 Å². The molecule has 1 aromatic carbocycles. The lowest BCUT2D eigenvalue weighted by Gasteiger charge is -2.23. The minimum Gasteiger partial charge on any atom is -0.356 e. The molecule has 0 amide bonds. The topological polar surface area (TPSA) is 27.1 Å². The van der Waals surface area contributed by atoms with E-state index >= 15 is 0 Å². The van der Waals surface area contributed by atoms with E-state index in [0.717, 1.165) is 23.0 Å². The molecule has 0 bridgehead atoms. The van der Waals surface area contributed by atoms with E-state index in [4.69, 9.17) is 4.74 Å². The maximum atomic E-state index is 5.79. The van der Waals surface area contributed by atoms with Crippen LogP contribution >= 0.6 is 15.9 Å². The van der Waals surface area contributed by atoms with E-state index in [1.807, 2.05) is 10.9 Å². The molecule has 1 aromatic heterocycles. The highest BCUT2D eigenvalue weighted by Gasteiger charge is 2.19. The van der Waals surface area contributed by atoms with Crippen LogP contribution in [-0.2, 0) is 4.74 Å². The average molecular weight is 295 g/mol. The number of halogens is 1. The zero-order valence-electron chi connectivity index (χ0n) is 9.82. The Bertz CT molecular complexity index is 544. The van der Waals surface area contributed by atoms with Gasteiger partial charge in [0, 0.05) is 16.5 Å². The van der Waals surface area contributed by atoms with E-state index in [2.05, 4.69) is 40.1 Å². The summed E-state index contributed by atoms with van der Waals surface area (Å²) in [5.74, 6) is 0. The normalized spacial score (nSPS) is 20.9. The van der Waals surface area contributed by atoms with Gasteiger partial charge in [-0.3, -0.25) is 0 Å². The number of nitrogens with zero attached hydrogens (tertiary/aromatic N) is 2. The molecule has 17 heavy (non-hydrogen) atoms. The minimum absolute atomic E-state index is 0.107. The highest BCUT2D eigenvalue weighted by Crippen LogP contribution is 2.31. The Morgan fingerprint density at radius 3 is 3.06 bits per heavy atom. The molecule has 0 unspecified atom stereocenters. The summed E-state index contributed by atoms with van der Waals surface area (Å²) in [4.78, 5) is 0. The Labute approximate surface area is 109 Å². The number of hydrogen-bond donors (Lipinski definition) is 0. The van der Waals surface area contributed by atoms with Gasteiger partial charge >= 0.3 is 0 Å². The first kappa shape index (κ1) is 11.2. The van der Waals surface area contributed by atoms with Gasteiger partial charge in [0.25, 0.3) is 0 Å². The quantitative estimate of drug-likeness (QED) is 0.800. The summed E-state index contributed by atoms with van der Waals surface area (Å²) in [6.07, 6.45) is 5.47. The van der Waals surface area contributed by atoms with Crippen molar-refractivity contribution in [3.63, 3.8) is 0 Å². The van der Waals surface area contributed by atoms with E-state index < -0.39 is 0 Å². The van der Waals surface area contributed by atoms with Crippen LogP contribution in [0.3, 0.4) is 0 Å². The Morgan fingerprint density at radius 2 is 2.29 bits per heavy atom. The Hall–Kier alpha value is -0.870. The van der Waals surface area contributed by atoms with Crippen molar-refractivity contribution in [2.45, 2.75) is 32.4 Å². The molecule has 0 aliphatic carbocycles. The maximum Gasteiger partial charge on any atom is 0.150 e. The molecule has 1 fully saturated rings. The second kappa shape index (κ2) is 4.42. The Balaban J connectivity index is 2.08.